The lowest BCUT2D eigenvalue weighted by Gasteiger charge is -2.12. The van der Waals surface area contributed by atoms with E-state index >= 15 is 0 Å². The number of nitrogens with zero attached hydrogens (tertiary/aromatic N) is 2. The predicted octanol–water partition coefficient (Wildman–Crippen LogP) is 6.68. The van der Waals surface area contributed by atoms with Crippen LogP contribution >= 0.6 is 11.6 Å². The van der Waals surface area contributed by atoms with E-state index in [1.54, 1.807) is 0 Å². The zero-order valence-corrected chi connectivity index (χ0v) is 16.1. The van der Waals surface area contributed by atoms with Gasteiger partial charge in [0.25, 0.3) is 0 Å². The van der Waals surface area contributed by atoms with Gasteiger partial charge in [-0.2, -0.15) is 0 Å². The van der Waals surface area contributed by atoms with Crippen LogP contribution in [0, 0.1) is 0 Å². The van der Waals surface area contributed by atoms with Gasteiger partial charge < -0.3 is 0 Å². The fourth-order valence-electron chi connectivity index (χ4n) is 3.40. The number of alkyl halides is 1. The van der Waals surface area contributed by atoms with Crippen LogP contribution < -0.4 is 0 Å². The van der Waals surface area contributed by atoms with Crippen molar-refractivity contribution >= 4 is 40.5 Å². The Bertz CT molecular complexity index is 1150. The van der Waals surface area contributed by atoms with Gasteiger partial charge in [0.2, 0.25) is 0 Å². The van der Waals surface area contributed by atoms with Gasteiger partial charge in [0.05, 0.1) is 11.4 Å². The van der Waals surface area contributed by atoms with Crippen molar-refractivity contribution in [1.29, 1.82) is 0 Å². The third-order valence-corrected chi connectivity index (χ3v) is 4.91. The Labute approximate surface area is 169 Å². The summed E-state index contributed by atoms with van der Waals surface area (Å²) in [5.41, 5.74) is 5.90. The molecule has 3 heteroatoms. The molecule has 3 aromatic carbocycles. The van der Waals surface area contributed by atoms with Crippen molar-refractivity contribution in [3.8, 4) is 11.1 Å². The van der Waals surface area contributed by atoms with Gasteiger partial charge in [-0.1, -0.05) is 78.9 Å². The minimum Gasteiger partial charge on any atom is -0.269 e. The van der Waals surface area contributed by atoms with Gasteiger partial charge in [-0.15, -0.1) is 11.6 Å². The average Bonchev–Trinajstić information content (AvgIpc) is 2.76. The molecular weight excluding hydrogens is 364 g/mol. The molecule has 2 nitrogen and oxygen atoms in total. The molecule has 0 radical (unpaired) electrons. The summed E-state index contributed by atoms with van der Waals surface area (Å²) in [6.07, 6.45) is 7.84. The summed E-state index contributed by atoms with van der Waals surface area (Å²) in [5.74, 6) is 0. The Hall–Kier alpha value is -3.23. The van der Waals surface area contributed by atoms with Crippen LogP contribution in [0.15, 0.2) is 107 Å². The van der Waals surface area contributed by atoms with Gasteiger partial charge in [0.15, 0.2) is 0 Å². The first-order chi connectivity index (χ1) is 13.8. The van der Waals surface area contributed by atoms with E-state index in [0.717, 1.165) is 28.1 Å². The van der Waals surface area contributed by atoms with Crippen LogP contribution in [0.4, 0.5) is 0 Å². The van der Waals surface area contributed by atoms with Gasteiger partial charge in [-0.05, 0) is 40.8 Å². The van der Waals surface area contributed by atoms with Crippen LogP contribution in [0.5, 0.6) is 0 Å². The van der Waals surface area contributed by atoms with Crippen molar-refractivity contribution in [2.45, 2.75) is 0 Å². The Kier molecular flexibility index (Phi) is 5.31. The summed E-state index contributed by atoms with van der Waals surface area (Å²) >= 11 is 5.81. The highest BCUT2D eigenvalue weighted by Gasteiger charge is 2.12. The first-order valence-electron chi connectivity index (χ1n) is 9.06. The summed E-state index contributed by atoms with van der Waals surface area (Å²) in [7, 11) is 0. The molecule has 0 unspecified atom stereocenters. The maximum atomic E-state index is 5.81. The highest BCUT2D eigenvalue weighted by atomic mass is 35.5. The molecule has 1 aliphatic carbocycles. The Morgan fingerprint density at radius 2 is 1.54 bits per heavy atom. The van der Waals surface area contributed by atoms with Crippen LogP contribution in [0.3, 0.4) is 0 Å². The van der Waals surface area contributed by atoms with Gasteiger partial charge in [0.1, 0.15) is 6.00 Å². The molecule has 0 amide bonds. The molecular formula is C25H19ClN2. The van der Waals surface area contributed by atoms with Gasteiger partial charge in [0, 0.05) is 11.1 Å². The molecule has 3 aromatic rings. The van der Waals surface area contributed by atoms with E-state index in [9.17, 15) is 0 Å². The molecule has 0 aliphatic heterocycles. The second-order valence-electron chi connectivity index (χ2n) is 6.44. The molecule has 0 heterocycles. The van der Waals surface area contributed by atoms with Gasteiger partial charge in [-0.25, -0.2) is 0 Å². The predicted molar refractivity (Wildman–Crippen MR) is 122 cm³/mol. The minimum absolute atomic E-state index is 0.211. The van der Waals surface area contributed by atoms with E-state index in [4.69, 9.17) is 11.6 Å². The molecule has 0 atom stereocenters. The molecule has 136 valence electrons. The van der Waals surface area contributed by atoms with Gasteiger partial charge in [-0.3, -0.25) is 9.98 Å². The number of aliphatic imine (C=N–C) groups is 2. The van der Waals surface area contributed by atoms with Gasteiger partial charge >= 0.3 is 0 Å². The number of halogens is 1. The summed E-state index contributed by atoms with van der Waals surface area (Å²) < 4.78 is 0. The lowest BCUT2D eigenvalue weighted by molar-refractivity contribution is 1.35. The number of hydrogen-bond acceptors (Lipinski definition) is 2. The van der Waals surface area contributed by atoms with E-state index in [1.807, 2.05) is 24.3 Å². The zero-order valence-electron chi connectivity index (χ0n) is 15.3. The highest BCUT2D eigenvalue weighted by molar-refractivity contribution is 6.21. The highest BCUT2D eigenvalue weighted by Crippen LogP contribution is 2.28. The summed E-state index contributed by atoms with van der Waals surface area (Å²) in [5, 5.41) is 2.48. The average molecular weight is 383 g/mol. The molecule has 0 saturated heterocycles. The monoisotopic (exact) mass is 382 g/mol. The molecule has 0 N–H and O–H groups in total. The number of rotatable bonds is 4. The van der Waals surface area contributed by atoms with Crippen molar-refractivity contribution in [2.75, 3.05) is 6.00 Å². The first kappa shape index (κ1) is 18.1. The molecule has 0 spiro atoms. The Balaban J connectivity index is 1.72. The van der Waals surface area contributed by atoms with E-state index in [0.29, 0.717) is 0 Å². The van der Waals surface area contributed by atoms with Crippen LogP contribution in [0.2, 0.25) is 0 Å². The molecule has 0 bridgehead atoms. The van der Waals surface area contributed by atoms with E-state index < -0.39 is 0 Å². The largest absolute Gasteiger partial charge is 0.269 e. The molecule has 0 aromatic heterocycles. The second kappa shape index (κ2) is 8.20. The van der Waals surface area contributed by atoms with E-state index in [-0.39, 0.29) is 6.00 Å². The summed E-state index contributed by atoms with van der Waals surface area (Å²) in [6.45, 7) is 3.77. The quantitative estimate of drug-likeness (QED) is 0.273. The second-order valence-corrected chi connectivity index (χ2v) is 6.68. The first-order valence-corrected chi connectivity index (χ1v) is 9.60. The summed E-state index contributed by atoms with van der Waals surface area (Å²) in [6, 6.07) is 23.5. The third-order valence-electron chi connectivity index (χ3n) is 4.79. The Morgan fingerprint density at radius 1 is 0.821 bits per heavy atom. The number of fused-ring (bicyclic) bond motifs is 1. The fraction of sp³-hybridized carbons (Fsp3) is 0.0400. The zero-order chi connectivity index (χ0) is 19.3. The van der Waals surface area contributed by atoms with Crippen LogP contribution in [0.1, 0.15) is 5.56 Å². The third kappa shape index (κ3) is 3.60. The smallest absolute Gasteiger partial charge is 0.114 e. The van der Waals surface area contributed by atoms with Crippen molar-refractivity contribution in [1.82, 2.24) is 0 Å². The molecule has 1 aliphatic rings. The molecule has 0 saturated carbocycles. The number of hydrogen-bond donors (Lipinski definition) is 0. The fourth-order valence-corrected chi connectivity index (χ4v) is 3.53. The SMILES string of the molecule is C=N/C(=C1/C=CC=C/C1=N/CCl)c1ccc(-c2ccc3ccccc3c2)cc1. The van der Waals surface area contributed by atoms with Crippen molar-refractivity contribution in [3.05, 3.63) is 102 Å². The lowest BCUT2D eigenvalue weighted by atomic mass is 9.96. The van der Waals surface area contributed by atoms with Crippen LogP contribution in [-0.2, 0) is 0 Å². The number of allylic oxidation sites excluding steroid dienone is 5. The van der Waals surface area contributed by atoms with Crippen LogP contribution in [0.25, 0.3) is 27.6 Å². The minimum atomic E-state index is 0.211. The maximum Gasteiger partial charge on any atom is 0.114 e. The topological polar surface area (TPSA) is 24.7 Å². The van der Waals surface area contributed by atoms with Crippen LogP contribution in [-0.4, -0.2) is 18.4 Å². The summed E-state index contributed by atoms with van der Waals surface area (Å²) in [4.78, 5) is 8.63. The lowest BCUT2D eigenvalue weighted by Crippen LogP contribution is -2.03. The molecule has 4 rings (SSSR count). The maximum absolute atomic E-state index is 5.81. The standard InChI is InChI=1S/C25H19ClN2/c1-27-25(23-8-4-5-9-24(23)28-17-26)20-13-10-19(11-14-20)22-15-12-18-6-2-3-7-21(18)16-22/h2-16H,1,17H2/b25-23-,28-24-. The Morgan fingerprint density at radius 3 is 2.29 bits per heavy atom. The normalized spacial score (nSPS) is 16.5. The van der Waals surface area contributed by atoms with Crippen molar-refractivity contribution in [3.63, 3.8) is 0 Å². The van der Waals surface area contributed by atoms with Crippen molar-refractivity contribution in [2.24, 2.45) is 9.98 Å². The molecule has 28 heavy (non-hydrogen) atoms. The van der Waals surface area contributed by atoms with Crippen molar-refractivity contribution < 1.29 is 0 Å². The number of benzene rings is 3. The molecule has 0 fully saturated rings. The van der Waals surface area contributed by atoms with E-state index in [2.05, 4.69) is 83.4 Å². The van der Waals surface area contributed by atoms with E-state index in [1.165, 1.54) is 16.3 Å².